The second-order valence-electron chi connectivity index (χ2n) is 3.02. The molecule has 2 N–H and O–H groups in total. The lowest BCUT2D eigenvalue weighted by atomic mass is 10.2. The molecule has 0 bridgehead atoms. The molecular weight excluding hydrogens is 150 g/mol. The fourth-order valence-electron chi connectivity index (χ4n) is 1.32. The van der Waals surface area contributed by atoms with Gasteiger partial charge in [-0.3, -0.25) is 4.68 Å². The molecule has 0 fully saturated rings. The van der Waals surface area contributed by atoms with Crippen LogP contribution in [0, 0.1) is 6.92 Å². The van der Waals surface area contributed by atoms with Crippen LogP contribution in [0.15, 0.2) is 6.20 Å². The van der Waals surface area contributed by atoms with E-state index in [2.05, 4.69) is 18.9 Å². The van der Waals surface area contributed by atoms with Crippen molar-refractivity contribution in [1.82, 2.24) is 9.78 Å². The molecule has 12 heavy (non-hydrogen) atoms. The van der Waals surface area contributed by atoms with Gasteiger partial charge >= 0.3 is 0 Å². The van der Waals surface area contributed by atoms with Crippen LogP contribution in [0.5, 0.6) is 0 Å². The number of rotatable bonds is 4. The lowest BCUT2D eigenvalue weighted by Crippen LogP contribution is -2.05. The maximum Gasteiger partial charge on any atom is 0.0525 e. The standard InChI is InChI=1S/C9H17N3/c1-3-6-12-8(2)9(4-5-10)7-11-12/h7H,3-6,10H2,1-2H3. The first-order valence-corrected chi connectivity index (χ1v) is 4.51. The van der Waals surface area contributed by atoms with Crippen LogP contribution in [-0.2, 0) is 13.0 Å². The van der Waals surface area contributed by atoms with E-state index in [4.69, 9.17) is 5.73 Å². The van der Waals surface area contributed by atoms with E-state index in [9.17, 15) is 0 Å². The Morgan fingerprint density at radius 2 is 2.33 bits per heavy atom. The van der Waals surface area contributed by atoms with Crippen LogP contribution in [0.4, 0.5) is 0 Å². The van der Waals surface area contributed by atoms with E-state index in [1.807, 2.05) is 10.9 Å². The Morgan fingerprint density at radius 3 is 2.92 bits per heavy atom. The van der Waals surface area contributed by atoms with Gasteiger partial charge in [-0.1, -0.05) is 6.92 Å². The first-order chi connectivity index (χ1) is 5.79. The van der Waals surface area contributed by atoms with E-state index in [1.54, 1.807) is 0 Å². The highest BCUT2D eigenvalue weighted by Crippen LogP contribution is 2.07. The van der Waals surface area contributed by atoms with Crippen molar-refractivity contribution in [2.24, 2.45) is 5.73 Å². The Kier molecular flexibility index (Phi) is 3.29. The monoisotopic (exact) mass is 167 g/mol. The van der Waals surface area contributed by atoms with Crippen LogP contribution >= 0.6 is 0 Å². The van der Waals surface area contributed by atoms with Gasteiger partial charge < -0.3 is 5.73 Å². The average molecular weight is 167 g/mol. The quantitative estimate of drug-likeness (QED) is 0.730. The fraction of sp³-hybridized carbons (Fsp3) is 0.667. The summed E-state index contributed by atoms with van der Waals surface area (Å²) in [5.41, 5.74) is 8.02. The van der Waals surface area contributed by atoms with Crippen molar-refractivity contribution in [2.45, 2.75) is 33.2 Å². The van der Waals surface area contributed by atoms with E-state index < -0.39 is 0 Å². The van der Waals surface area contributed by atoms with Crippen molar-refractivity contribution in [2.75, 3.05) is 6.54 Å². The molecule has 0 atom stereocenters. The third-order valence-corrected chi connectivity index (χ3v) is 2.05. The number of aromatic nitrogens is 2. The Hall–Kier alpha value is -0.830. The van der Waals surface area contributed by atoms with E-state index in [1.165, 1.54) is 11.3 Å². The van der Waals surface area contributed by atoms with Crippen LogP contribution in [0.25, 0.3) is 0 Å². The third kappa shape index (κ3) is 1.85. The van der Waals surface area contributed by atoms with Gasteiger partial charge in [-0.2, -0.15) is 5.10 Å². The summed E-state index contributed by atoms with van der Waals surface area (Å²) in [5.74, 6) is 0. The van der Waals surface area contributed by atoms with E-state index in [0.717, 1.165) is 19.4 Å². The SMILES string of the molecule is CCCn1ncc(CCN)c1C. The van der Waals surface area contributed by atoms with Crippen LogP contribution in [0.3, 0.4) is 0 Å². The van der Waals surface area contributed by atoms with E-state index in [0.29, 0.717) is 6.54 Å². The molecule has 0 aliphatic heterocycles. The maximum absolute atomic E-state index is 5.48. The van der Waals surface area contributed by atoms with Crippen LogP contribution in [0.2, 0.25) is 0 Å². The fourth-order valence-corrected chi connectivity index (χ4v) is 1.32. The molecule has 0 spiro atoms. The smallest absolute Gasteiger partial charge is 0.0525 e. The van der Waals surface area contributed by atoms with Gasteiger partial charge in [-0.05, 0) is 31.9 Å². The first kappa shape index (κ1) is 9.26. The van der Waals surface area contributed by atoms with Gasteiger partial charge in [-0.15, -0.1) is 0 Å². The summed E-state index contributed by atoms with van der Waals surface area (Å²) in [7, 11) is 0. The summed E-state index contributed by atoms with van der Waals surface area (Å²) < 4.78 is 2.05. The first-order valence-electron chi connectivity index (χ1n) is 4.51. The lowest BCUT2D eigenvalue weighted by Gasteiger charge is -2.02. The van der Waals surface area contributed by atoms with Gasteiger partial charge in [0.25, 0.3) is 0 Å². The molecule has 1 aromatic heterocycles. The molecule has 3 heteroatoms. The maximum atomic E-state index is 5.48. The number of nitrogens with two attached hydrogens (primary N) is 1. The summed E-state index contributed by atoms with van der Waals surface area (Å²) in [4.78, 5) is 0. The van der Waals surface area contributed by atoms with Crippen molar-refractivity contribution in [3.63, 3.8) is 0 Å². The van der Waals surface area contributed by atoms with Crippen molar-refractivity contribution in [1.29, 1.82) is 0 Å². The molecule has 0 aliphatic rings. The highest BCUT2D eigenvalue weighted by molar-refractivity contribution is 5.16. The highest BCUT2D eigenvalue weighted by atomic mass is 15.3. The molecule has 1 aromatic rings. The second kappa shape index (κ2) is 4.26. The third-order valence-electron chi connectivity index (χ3n) is 2.05. The van der Waals surface area contributed by atoms with Crippen molar-refractivity contribution >= 4 is 0 Å². The highest BCUT2D eigenvalue weighted by Gasteiger charge is 2.03. The van der Waals surface area contributed by atoms with Gasteiger partial charge in [0.15, 0.2) is 0 Å². The number of hydrogen-bond acceptors (Lipinski definition) is 2. The number of hydrogen-bond donors (Lipinski definition) is 1. The van der Waals surface area contributed by atoms with E-state index >= 15 is 0 Å². The van der Waals surface area contributed by atoms with Gasteiger partial charge in [-0.25, -0.2) is 0 Å². The predicted octanol–water partition coefficient (Wildman–Crippen LogP) is 1.10. The van der Waals surface area contributed by atoms with Crippen molar-refractivity contribution in [3.05, 3.63) is 17.5 Å². The summed E-state index contributed by atoms with van der Waals surface area (Å²) in [6, 6.07) is 0. The largest absolute Gasteiger partial charge is 0.330 e. The zero-order valence-corrected chi connectivity index (χ0v) is 7.88. The van der Waals surface area contributed by atoms with Gasteiger partial charge in [0.05, 0.1) is 6.20 Å². The summed E-state index contributed by atoms with van der Waals surface area (Å²) >= 11 is 0. The lowest BCUT2D eigenvalue weighted by molar-refractivity contribution is 0.586. The summed E-state index contributed by atoms with van der Waals surface area (Å²) in [6.07, 6.45) is 4.00. The minimum absolute atomic E-state index is 0.707. The molecule has 1 rings (SSSR count). The number of aryl methyl sites for hydroxylation is 1. The molecule has 1 heterocycles. The molecule has 68 valence electrons. The van der Waals surface area contributed by atoms with Crippen LogP contribution in [-0.4, -0.2) is 16.3 Å². The summed E-state index contributed by atoms with van der Waals surface area (Å²) in [6.45, 7) is 5.98. The summed E-state index contributed by atoms with van der Waals surface area (Å²) in [5, 5.41) is 4.29. The topological polar surface area (TPSA) is 43.8 Å². The molecule has 3 nitrogen and oxygen atoms in total. The van der Waals surface area contributed by atoms with Gasteiger partial charge in [0.2, 0.25) is 0 Å². The number of nitrogens with zero attached hydrogens (tertiary/aromatic N) is 2. The Balaban J connectivity index is 2.74. The second-order valence-corrected chi connectivity index (χ2v) is 3.02. The van der Waals surface area contributed by atoms with Crippen LogP contribution < -0.4 is 5.73 Å². The molecular formula is C9H17N3. The Bertz CT molecular complexity index is 216. The van der Waals surface area contributed by atoms with Gasteiger partial charge in [0, 0.05) is 12.2 Å². The van der Waals surface area contributed by atoms with E-state index in [-0.39, 0.29) is 0 Å². The van der Waals surface area contributed by atoms with Crippen LogP contribution in [0.1, 0.15) is 24.6 Å². The molecule has 0 saturated heterocycles. The van der Waals surface area contributed by atoms with Gasteiger partial charge in [0.1, 0.15) is 0 Å². The molecule has 0 unspecified atom stereocenters. The average Bonchev–Trinajstić information content (AvgIpc) is 2.38. The zero-order valence-electron chi connectivity index (χ0n) is 7.88. The molecule has 0 amide bonds. The van der Waals surface area contributed by atoms with Crippen molar-refractivity contribution < 1.29 is 0 Å². The normalized spacial score (nSPS) is 10.6. The minimum atomic E-state index is 0.707. The Labute approximate surface area is 73.6 Å². The molecule has 0 aromatic carbocycles. The zero-order chi connectivity index (χ0) is 8.97. The molecule has 0 saturated carbocycles. The minimum Gasteiger partial charge on any atom is -0.330 e. The van der Waals surface area contributed by atoms with Crippen molar-refractivity contribution in [3.8, 4) is 0 Å². The predicted molar refractivity (Wildman–Crippen MR) is 50.0 cm³/mol. The molecule has 0 radical (unpaired) electrons. The Morgan fingerprint density at radius 1 is 1.58 bits per heavy atom. The molecule has 0 aliphatic carbocycles.